The lowest BCUT2D eigenvalue weighted by Crippen LogP contribution is -2.31. The average Bonchev–Trinajstić information content (AvgIpc) is 3.32. The van der Waals surface area contributed by atoms with Crippen LogP contribution in [0.25, 0.3) is 0 Å². The lowest BCUT2D eigenvalue weighted by molar-refractivity contribution is -0.117. The molecule has 0 radical (unpaired) electrons. The summed E-state index contributed by atoms with van der Waals surface area (Å²) in [4.78, 5) is 14.7. The Hall–Kier alpha value is -2.29. The molecule has 1 saturated carbocycles. The molecule has 2 aromatic carbocycles. The van der Waals surface area contributed by atoms with Gasteiger partial charge in [0.25, 0.3) is 0 Å². The summed E-state index contributed by atoms with van der Waals surface area (Å²) in [5, 5.41) is 3.14. The van der Waals surface area contributed by atoms with Crippen LogP contribution < -0.4 is 10.2 Å². The van der Waals surface area contributed by atoms with Crippen LogP contribution in [0.4, 0.5) is 11.4 Å². The van der Waals surface area contributed by atoms with Gasteiger partial charge in [0.05, 0.1) is 11.4 Å². The summed E-state index contributed by atoms with van der Waals surface area (Å²) >= 11 is 0. The van der Waals surface area contributed by atoms with Gasteiger partial charge in [-0.05, 0) is 42.0 Å². The van der Waals surface area contributed by atoms with Gasteiger partial charge in [0.2, 0.25) is 5.91 Å². The van der Waals surface area contributed by atoms with Crippen LogP contribution in [-0.2, 0) is 17.8 Å². The van der Waals surface area contributed by atoms with E-state index in [0.717, 1.165) is 37.3 Å². The number of hydrogen-bond acceptors (Lipinski definition) is 2. The second kappa shape index (κ2) is 5.73. The summed E-state index contributed by atoms with van der Waals surface area (Å²) < 4.78 is 0. The van der Waals surface area contributed by atoms with Crippen molar-refractivity contribution >= 4 is 17.3 Å². The number of rotatable bonds is 3. The summed E-state index contributed by atoms with van der Waals surface area (Å²) in [7, 11) is 0. The van der Waals surface area contributed by atoms with Gasteiger partial charge in [-0.2, -0.15) is 0 Å². The third-order valence-electron chi connectivity index (χ3n) is 5.08. The molecule has 0 spiro atoms. The fraction of sp³-hybridized carbons (Fsp3) is 0.350. The van der Waals surface area contributed by atoms with Crippen molar-refractivity contribution in [2.75, 3.05) is 16.8 Å². The van der Waals surface area contributed by atoms with Gasteiger partial charge in [0.1, 0.15) is 0 Å². The van der Waals surface area contributed by atoms with Crippen LogP contribution in [0.2, 0.25) is 0 Å². The SMILES string of the molecule is C[C@H]1C[C@H]1C(=O)Nc1ccccc1N1CCc2ccccc2C1. The molecule has 1 heterocycles. The minimum atomic E-state index is 0.169. The smallest absolute Gasteiger partial charge is 0.227 e. The molecule has 0 bridgehead atoms. The largest absolute Gasteiger partial charge is 0.365 e. The maximum absolute atomic E-state index is 12.3. The number of para-hydroxylation sites is 2. The van der Waals surface area contributed by atoms with Crippen molar-refractivity contribution in [3.63, 3.8) is 0 Å². The highest BCUT2D eigenvalue weighted by molar-refractivity contribution is 5.97. The summed E-state index contributed by atoms with van der Waals surface area (Å²) in [5.41, 5.74) is 4.90. The number of anilines is 2. The number of carbonyl (C=O) groups excluding carboxylic acids is 1. The lowest BCUT2D eigenvalue weighted by Gasteiger charge is -2.32. The van der Waals surface area contributed by atoms with Crippen molar-refractivity contribution < 1.29 is 4.79 Å². The normalized spacial score (nSPS) is 22.4. The van der Waals surface area contributed by atoms with Gasteiger partial charge >= 0.3 is 0 Å². The van der Waals surface area contributed by atoms with Crippen LogP contribution in [0.5, 0.6) is 0 Å². The minimum Gasteiger partial charge on any atom is -0.365 e. The maximum atomic E-state index is 12.3. The van der Waals surface area contributed by atoms with E-state index < -0.39 is 0 Å². The van der Waals surface area contributed by atoms with E-state index in [4.69, 9.17) is 0 Å². The van der Waals surface area contributed by atoms with E-state index in [2.05, 4.69) is 47.5 Å². The highest BCUT2D eigenvalue weighted by Gasteiger charge is 2.39. The second-order valence-electron chi connectivity index (χ2n) is 6.77. The first-order valence-corrected chi connectivity index (χ1v) is 8.44. The first-order chi connectivity index (χ1) is 11.2. The molecule has 3 nitrogen and oxygen atoms in total. The minimum absolute atomic E-state index is 0.169. The standard InChI is InChI=1S/C20H22N2O/c1-14-12-17(14)20(23)21-18-8-4-5-9-19(18)22-11-10-15-6-2-3-7-16(15)13-22/h2-9,14,17H,10-13H2,1H3,(H,21,23)/t14-,17+/m0/s1. The van der Waals surface area contributed by atoms with Crippen molar-refractivity contribution in [1.29, 1.82) is 0 Å². The van der Waals surface area contributed by atoms with Gasteiger partial charge in [-0.15, -0.1) is 0 Å². The zero-order valence-corrected chi connectivity index (χ0v) is 13.5. The molecule has 1 N–H and O–H groups in total. The van der Waals surface area contributed by atoms with Crippen molar-refractivity contribution in [2.45, 2.75) is 26.3 Å². The Labute approximate surface area is 137 Å². The Morgan fingerprint density at radius 1 is 1.09 bits per heavy atom. The van der Waals surface area contributed by atoms with Gasteiger partial charge in [0, 0.05) is 19.0 Å². The third-order valence-corrected chi connectivity index (χ3v) is 5.08. The van der Waals surface area contributed by atoms with Crippen LogP contribution in [-0.4, -0.2) is 12.5 Å². The number of benzene rings is 2. The lowest BCUT2D eigenvalue weighted by atomic mass is 9.99. The van der Waals surface area contributed by atoms with E-state index >= 15 is 0 Å². The zero-order chi connectivity index (χ0) is 15.8. The van der Waals surface area contributed by atoms with E-state index in [9.17, 15) is 4.79 Å². The number of amides is 1. The molecule has 23 heavy (non-hydrogen) atoms. The van der Waals surface area contributed by atoms with Gasteiger partial charge in [0.15, 0.2) is 0 Å². The summed E-state index contributed by atoms with van der Waals surface area (Å²) in [6.07, 6.45) is 2.07. The Kier molecular flexibility index (Phi) is 3.56. The van der Waals surface area contributed by atoms with Crippen LogP contribution in [0, 0.1) is 11.8 Å². The molecular weight excluding hydrogens is 284 g/mol. The van der Waals surface area contributed by atoms with E-state index in [1.54, 1.807) is 0 Å². The van der Waals surface area contributed by atoms with E-state index in [1.165, 1.54) is 11.1 Å². The van der Waals surface area contributed by atoms with Crippen molar-refractivity contribution in [2.24, 2.45) is 11.8 Å². The topological polar surface area (TPSA) is 32.3 Å². The molecule has 3 heteroatoms. The van der Waals surface area contributed by atoms with Gasteiger partial charge in [-0.25, -0.2) is 0 Å². The Bertz CT molecular complexity index is 740. The summed E-state index contributed by atoms with van der Waals surface area (Å²) in [5.74, 6) is 0.900. The van der Waals surface area contributed by atoms with Crippen molar-refractivity contribution in [1.82, 2.24) is 0 Å². The predicted octanol–water partition coefficient (Wildman–Crippen LogP) is 3.84. The highest BCUT2D eigenvalue weighted by atomic mass is 16.2. The molecule has 0 unspecified atom stereocenters. The van der Waals surface area contributed by atoms with Crippen LogP contribution in [0.15, 0.2) is 48.5 Å². The monoisotopic (exact) mass is 306 g/mol. The number of nitrogens with zero attached hydrogens (tertiary/aromatic N) is 1. The molecule has 1 aliphatic carbocycles. The number of nitrogens with one attached hydrogen (secondary N) is 1. The molecule has 118 valence electrons. The van der Waals surface area contributed by atoms with Crippen LogP contribution in [0.3, 0.4) is 0 Å². The molecule has 4 rings (SSSR count). The molecule has 1 fully saturated rings. The molecule has 0 aromatic heterocycles. The van der Waals surface area contributed by atoms with Crippen molar-refractivity contribution in [3.05, 3.63) is 59.7 Å². The van der Waals surface area contributed by atoms with Gasteiger partial charge in [-0.3, -0.25) is 4.79 Å². The van der Waals surface area contributed by atoms with E-state index in [1.807, 2.05) is 18.2 Å². The number of carbonyl (C=O) groups is 1. The average molecular weight is 306 g/mol. The van der Waals surface area contributed by atoms with Gasteiger partial charge < -0.3 is 10.2 Å². The fourth-order valence-electron chi connectivity index (χ4n) is 3.47. The second-order valence-corrected chi connectivity index (χ2v) is 6.77. The Balaban J connectivity index is 1.56. The zero-order valence-electron chi connectivity index (χ0n) is 13.5. The maximum Gasteiger partial charge on any atom is 0.227 e. The predicted molar refractivity (Wildman–Crippen MR) is 93.5 cm³/mol. The van der Waals surface area contributed by atoms with Crippen LogP contribution in [0.1, 0.15) is 24.5 Å². The summed E-state index contributed by atoms with van der Waals surface area (Å²) in [6, 6.07) is 16.8. The molecule has 1 aliphatic heterocycles. The molecule has 1 amide bonds. The molecular formula is C20H22N2O. The Morgan fingerprint density at radius 3 is 2.57 bits per heavy atom. The molecule has 2 aliphatic rings. The fourth-order valence-corrected chi connectivity index (χ4v) is 3.47. The number of hydrogen-bond donors (Lipinski definition) is 1. The Morgan fingerprint density at radius 2 is 1.78 bits per heavy atom. The van der Waals surface area contributed by atoms with Crippen molar-refractivity contribution in [3.8, 4) is 0 Å². The molecule has 2 atom stereocenters. The molecule has 2 aromatic rings. The van der Waals surface area contributed by atoms with E-state index in [-0.39, 0.29) is 11.8 Å². The molecule has 0 saturated heterocycles. The first-order valence-electron chi connectivity index (χ1n) is 8.44. The quantitative estimate of drug-likeness (QED) is 0.934. The highest BCUT2D eigenvalue weighted by Crippen LogP contribution is 2.39. The third kappa shape index (κ3) is 2.83. The van der Waals surface area contributed by atoms with Gasteiger partial charge in [-0.1, -0.05) is 43.3 Å². The van der Waals surface area contributed by atoms with Crippen LogP contribution >= 0.6 is 0 Å². The number of fused-ring (bicyclic) bond motifs is 1. The summed E-state index contributed by atoms with van der Waals surface area (Å²) in [6.45, 7) is 4.03. The first kappa shape index (κ1) is 14.3. The van der Waals surface area contributed by atoms with E-state index in [0.29, 0.717) is 5.92 Å².